The Kier molecular flexibility index (Phi) is 4.93. The molecular formula is C19H21O2P. The van der Waals surface area contributed by atoms with E-state index in [-0.39, 0.29) is 14.2 Å². The van der Waals surface area contributed by atoms with Gasteiger partial charge in [-0.3, -0.25) is 9.36 Å². The SMILES string of the molecule is Cc1cccc(C)c1C(=O)C(c1ccccc1)C(C)(C)P=O. The first kappa shape index (κ1) is 16.6. The molecule has 2 aromatic carbocycles. The molecule has 114 valence electrons. The van der Waals surface area contributed by atoms with Crippen molar-refractivity contribution in [3.8, 4) is 0 Å². The van der Waals surface area contributed by atoms with Gasteiger partial charge in [-0.25, -0.2) is 0 Å². The largest absolute Gasteiger partial charge is 0.293 e. The van der Waals surface area contributed by atoms with Crippen molar-refractivity contribution in [2.45, 2.75) is 38.8 Å². The van der Waals surface area contributed by atoms with Gasteiger partial charge in [0.2, 0.25) is 0 Å². The molecule has 0 saturated heterocycles. The summed E-state index contributed by atoms with van der Waals surface area (Å²) in [6.45, 7) is 7.63. The van der Waals surface area contributed by atoms with Crippen molar-refractivity contribution in [3.63, 3.8) is 0 Å². The van der Waals surface area contributed by atoms with Gasteiger partial charge in [0, 0.05) is 5.56 Å². The van der Waals surface area contributed by atoms with Crippen LogP contribution in [0, 0.1) is 13.8 Å². The van der Waals surface area contributed by atoms with Crippen LogP contribution in [0.25, 0.3) is 0 Å². The molecule has 2 rings (SSSR count). The molecule has 2 aromatic rings. The predicted molar refractivity (Wildman–Crippen MR) is 91.1 cm³/mol. The summed E-state index contributed by atoms with van der Waals surface area (Å²) in [5.74, 6) is -0.400. The zero-order chi connectivity index (χ0) is 16.3. The van der Waals surface area contributed by atoms with Crippen LogP contribution in [-0.4, -0.2) is 10.9 Å². The molecule has 0 N–H and O–H groups in total. The highest BCUT2D eigenvalue weighted by molar-refractivity contribution is 7.26. The van der Waals surface area contributed by atoms with Gasteiger partial charge in [0.15, 0.2) is 14.2 Å². The Morgan fingerprint density at radius 1 is 0.955 bits per heavy atom. The second-order valence-electron chi connectivity index (χ2n) is 6.22. The fraction of sp³-hybridized carbons (Fsp3) is 0.316. The van der Waals surface area contributed by atoms with Gasteiger partial charge in [0.25, 0.3) is 0 Å². The lowest BCUT2D eigenvalue weighted by molar-refractivity contribution is 0.0943. The molecule has 2 nitrogen and oxygen atoms in total. The number of rotatable bonds is 5. The summed E-state index contributed by atoms with van der Waals surface area (Å²) in [6, 6.07) is 15.5. The fourth-order valence-corrected chi connectivity index (χ4v) is 3.30. The maximum atomic E-state index is 13.2. The van der Waals surface area contributed by atoms with E-state index in [0.717, 1.165) is 22.3 Å². The summed E-state index contributed by atoms with van der Waals surface area (Å²) in [4.78, 5) is 13.2. The van der Waals surface area contributed by atoms with E-state index in [1.807, 2.05) is 76.2 Å². The lowest BCUT2D eigenvalue weighted by Crippen LogP contribution is -2.31. The maximum absolute atomic E-state index is 13.2. The van der Waals surface area contributed by atoms with E-state index < -0.39 is 11.1 Å². The van der Waals surface area contributed by atoms with E-state index in [1.165, 1.54) is 0 Å². The number of hydrogen-bond donors (Lipinski definition) is 0. The molecule has 0 bridgehead atoms. The number of ketones is 1. The lowest BCUT2D eigenvalue weighted by atomic mass is 9.79. The van der Waals surface area contributed by atoms with Crippen molar-refractivity contribution < 1.29 is 9.36 Å². The lowest BCUT2D eigenvalue weighted by Gasteiger charge is -2.28. The minimum atomic E-state index is -0.660. The van der Waals surface area contributed by atoms with Crippen LogP contribution in [0.5, 0.6) is 0 Å². The molecule has 1 unspecified atom stereocenters. The molecule has 0 saturated carbocycles. The summed E-state index contributed by atoms with van der Waals surface area (Å²) in [5, 5.41) is -0.660. The van der Waals surface area contributed by atoms with E-state index in [4.69, 9.17) is 0 Å². The highest BCUT2D eigenvalue weighted by atomic mass is 31.1. The smallest absolute Gasteiger partial charge is 0.172 e. The molecule has 0 radical (unpaired) electrons. The van der Waals surface area contributed by atoms with Crippen molar-refractivity contribution in [3.05, 3.63) is 70.8 Å². The third-order valence-electron chi connectivity index (χ3n) is 4.06. The average molecular weight is 312 g/mol. The highest BCUT2D eigenvalue weighted by Crippen LogP contribution is 2.41. The maximum Gasteiger partial charge on any atom is 0.172 e. The van der Waals surface area contributed by atoms with Crippen molar-refractivity contribution in [2.24, 2.45) is 0 Å². The first-order chi connectivity index (χ1) is 10.4. The van der Waals surface area contributed by atoms with Crippen molar-refractivity contribution in [1.82, 2.24) is 0 Å². The molecule has 0 aliphatic carbocycles. The second kappa shape index (κ2) is 6.54. The van der Waals surface area contributed by atoms with Crippen LogP contribution in [0.2, 0.25) is 0 Å². The minimum Gasteiger partial charge on any atom is -0.293 e. The summed E-state index contributed by atoms with van der Waals surface area (Å²) in [7, 11) is -0.0277. The molecule has 0 fully saturated rings. The van der Waals surface area contributed by atoms with Crippen LogP contribution in [0.1, 0.15) is 46.8 Å². The number of carbonyl (C=O) groups is 1. The monoisotopic (exact) mass is 312 g/mol. The van der Waals surface area contributed by atoms with E-state index in [9.17, 15) is 9.36 Å². The van der Waals surface area contributed by atoms with Crippen molar-refractivity contribution in [1.29, 1.82) is 0 Å². The number of aryl methyl sites for hydroxylation is 2. The molecule has 0 aromatic heterocycles. The fourth-order valence-electron chi connectivity index (χ4n) is 2.93. The standard InChI is InChI=1S/C19H21O2P/c1-13-9-8-10-14(2)16(13)18(20)17(19(3,4)22-21)15-11-6-5-7-12-15/h5-12,17H,1-4H3. The molecule has 3 heteroatoms. The summed E-state index contributed by atoms with van der Waals surface area (Å²) >= 11 is 0. The van der Waals surface area contributed by atoms with Crippen LogP contribution in [0.15, 0.2) is 48.5 Å². The number of carbonyl (C=O) groups excluding carboxylic acids is 1. The molecule has 0 aliphatic heterocycles. The van der Waals surface area contributed by atoms with E-state index >= 15 is 0 Å². The van der Waals surface area contributed by atoms with Crippen molar-refractivity contribution in [2.75, 3.05) is 0 Å². The quantitative estimate of drug-likeness (QED) is 0.551. The third kappa shape index (κ3) is 3.18. The first-order valence-corrected chi connectivity index (χ1v) is 8.19. The number of Topliss-reactive ketones (excluding diaryl/α,β-unsaturated/α-hetero) is 1. The van der Waals surface area contributed by atoms with Crippen LogP contribution in [-0.2, 0) is 4.57 Å². The first-order valence-electron chi connectivity index (χ1n) is 7.38. The zero-order valence-corrected chi connectivity index (χ0v) is 14.4. The van der Waals surface area contributed by atoms with E-state index in [2.05, 4.69) is 0 Å². The van der Waals surface area contributed by atoms with Gasteiger partial charge in [-0.2, -0.15) is 0 Å². The second-order valence-corrected chi connectivity index (χ2v) is 7.55. The van der Waals surface area contributed by atoms with Crippen LogP contribution < -0.4 is 0 Å². The van der Waals surface area contributed by atoms with E-state index in [1.54, 1.807) is 0 Å². The van der Waals surface area contributed by atoms with Gasteiger partial charge >= 0.3 is 0 Å². The van der Waals surface area contributed by atoms with Gasteiger partial charge < -0.3 is 0 Å². The van der Waals surface area contributed by atoms with Crippen LogP contribution in [0.4, 0.5) is 0 Å². The van der Waals surface area contributed by atoms with Crippen molar-refractivity contribution >= 4 is 14.2 Å². The Morgan fingerprint density at radius 3 is 2.00 bits per heavy atom. The Labute approximate surface area is 133 Å². The average Bonchev–Trinajstić information content (AvgIpc) is 2.48. The van der Waals surface area contributed by atoms with E-state index in [0.29, 0.717) is 0 Å². The number of hydrogen-bond acceptors (Lipinski definition) is 2. The summed E-state index contributed by atoms with van der Waals surface area (Å²) in [5.41, 5.74) is 3.57. The molecule has 1 atom stereocenters. The number of benzene rings is 2. The summed E-state index contributed by atoms with van der Waals surface area (Å²) in [6.07, 6.45) is 0. The molecule has 0 spiro atoms. The van der Waals surface area contributed by atoms with Gasteiger partial charge in [0.1, 0.15) is 0 Å². The predicted octanol–water partition coefficient (Wildman–Crippen LogP) is 5.34. The Hall–Kier alpha value is -1.79. The minimum absolute atomic E-state index is 0.0277. The Morgan fingerprint density at radius 2 is 1.50 bits per heavy atom. The molecule has 22 heavy (non-hydrogen) atoms. The zero-order valence-electron chi connectivity index (χ0n) is 13.5. The Balaban J connectivity index is 2.60. The van der Waals surface area contributed by atoms with Gasteiger partial charge in [-0.1, -0.05) is 48.5 Å². The topological polar surface area (TPSA) is 34.1 Å². The van der Waals surface area contributed by atoms with Crippen LogP contribution >= 0.6 is 8.46 Å². The Bertz CT molecular complexity index is 670. The van der Waals surface area contributed by atoms with Gasteiger partial charge in [-0.05, 0) is 44.4 Å². The molecule has 0 amide bonds. The highest BCUT2D eigenvalue weighted by Gasteiger charge is 2.38. The molecular weight excluding hydrogens is 291 g/mol. The third-order valence-corrected chi connectivity index (χ3v) is 4.79. The van der Waals surface area contributed by atoms with Gasteiger partial charge in [-0.15, -0.1) is 0 Å². The normalized spacial score (nSPS) is 13.1. The molecule has 0 aliphatic rings. The van der Waals surface area contributed by atoms with Gasteiger partial charge in [0.05, 0.1) is 11.1 Å². The molecule has 0 heterocycles. The summed E-state index contributed by atoms with van der Waals surface area (Å²) < 4.78 is 11.7. The van der Waals surface area contributed by atoms with Crippen LogP contribution in [0.3, 0.4) is 0 Å².